The van der Waals surface area contributed by atoms with E-state index in [9.17, 15) is 5.11 Å². The van der Waals surface area contributed by atoms with Gasteiger partial charge in [0.25, 0.3) is 0 Å². The zero-order valence-corrected chi connectivity index (χ0v) is 12.3. The Morgan fingerprint density at radius 2 is 1.78 bits per heavy atom. The van der Waals surface area contributed by atoms with E-state index in [2.05, 4.69) is 58.9 Å². The molecule has 0 spiro atoms. The number of rotatable bonds is 2. The molecule has 1 heteroatoms. The maximum absolute atomic E-state index is 9.98. The van der Waals surface area contributed by atoms with Crippen LogP contribution in [0.4, 0.5) is 0 Å². The van der Waals surface area contributed by atoms with Crippen molar-refractivity contribution in [3.63, 3.8) is 0 Å². The van der Waals surface area contributed by atoms with Gasteiger partial charge in [-0.3, -0.25) is 0 Å². The average Bonchev–Trinajstić information content (AvgIpc) is 2.34. The highest BCUT2D eigenvalue weighted by Gasteiger charge is 2.49. The monoisotopic (exact) mass is 246 g/mol. The predicted molar refractivity (Wildman–Crippen MR) is 76.9 cm³/mol. The molecule has 1 N–H and O–H groups in total. The molecule has 1 aliphatic carbocycles. The second-order valence-electron chi connectivity index (χ2n) is 7.04. The van der Waals surface area contributed by atoms with Crippen LogP contribution in [-0.4, -0.2) is 11.2 Å². The summed E-state index contributed by atoms with van der Waals surface area (Å²) in [6.07, 6.45) is 1.83. The van der Waals surface area contributed by atoms with Gasteiger partial charge in [0.2, 0.25) is 0 Å². The quantitative estimate of drug-likeness (QED) is 0.827. The number of aliphatic hydroxyl groups excluding tert-OH is 1. The number of aliphatic hydroxyl groups is 1. The van der Waals surface area contributed by atoms with Crippen LogP contribution < -0.4 is 0 Å². The normalized spacial score (nSPS) is 32.1. The lowest BCUT2D eigenvalue weighted by molar-refractivity contribution is -0.0777. The van der Waals surface area contributed by atoms with Gasteiger partial charge in [0, 0.05) is 5.41 Å². The SMILES string of the molecule is CCC1(C)C(O)CC1c1ccc(C(C)(C)C)cc1. The second-order valence-corrected chi connectivity index (χ2v) is 7.04. The van der Waals surface area contributed by atoms with Crippen molar-refractivity contribution in [1.82, 2.24) is 0 Å². The topological polar surface area (TPSA) is 20.2 Å². The Bertz CT molecular complexity index is 412. The van der Waals surface area contributed by atoms with E-state index in [1.54, 1.807) is 0 Å². The summed E-state index contributed by atoms with van der Waals surface area (Å²) in [7, 11) is 0. The summed E-state index contributed by atoms with van der Waals surface area (Å²) in [5, 5.41) is 9.98. The maximum Gasteiger partial charge on any atom is 0.0605 e. The Labute approximate surface area is 111 Å². The zero-order valence-electron chi connectivity index (χ0n) is 12.3. The molecule has 3 unspecified atom stereocenters. The molecule has 1 saturated carbocycles. The molecule has 18 heavy (non-hydrogen) atoms. The lowest BCUT2D eigenvalue weighted by Crippen LogP contribution is -2.49. The summed E-state index contributed by atoms with van der Waals surface area (Å²) in [5.41, 5.74) is 3.05. The van der Waals surface area contributed by atoms with Gasteiger partial charge in [-0.05, 0) is 35.3 Å². The molecule has 100 valence electrons. The van der Waals surface area contributed by atoms with Gasteiger partial charge in [0.05, 0.1) is 6.10 Å². The Hall–Kier alpha value is -0.820. The summed E-state index contributed by atoms with van der Waals surface area (Å²) >= 11 is 0. The first kappa shape index (κ1) is 13.6. The van der Waals surface area contributed by atoms with Crippen LogP contribution in [0.3, 0.4) is 0 Å². The van der Waals surface area contributed by atoms with Gasteiger partial charge >= 0.3 is 0 Å². The smallest absolute Gasteiger partial charge is 0.0605 e. The van der Waals surface area contributed by atoms with Gasteiger partial charge in [0.1, 0.15) is 0 Å². The fourth-order valence-corrected chi connectivity index (χ4v) is 3.05. The zero-order chi connectivity index (χ0) is 13.6. The van der Waals surface area contributed by atoms with Crippen molar-refractivity contribution >= 4 is 0 Å². The van der Waals surface area contributed by atoms with E-state index in [4.69, 9.17) is 0 Å². The Morgan fingerprint density at radius 1 is 1.22 bits per heavy atom. The third-order valence-corrected chi connectivity index (χ3v) is 4.96. The van der Waals surface area contributed by atoms with Crippen LogP contribution in [0.15, 0.2) is 24.3 Å². The molecule has 1 nitrogen and oxygen atoms in total. The fraction of sp³-hybridized carbons (Fsp3) is 0.647. The highest BCUT2D eigenvalue weighted by molar-refractivity contribution is 5.32. The van der Waals surface area contributed by atoms with Gasteiger partial charge in [-0.2, -0.15) is 0 Å². The molecule has 1 aromatic rings. The van der Waals surface area contributed by atoms with Gasteiger partial charge in [-0.15, -0.1) is 0 Å². The Morgan fingerprint density at radius 3 is 2.17 bits per heavy atom. The molecular weight excluding hydrogens is 220 g/mol. The first-order valence-electron chi connectivity index (χ1n) is 7.07. The van der Waals surface area contributed by atoms with Crippen molar-refractivity contribution < 1.29 is 5.11 Å². The van der Waals surface area contributed by atoms with Crippen LogP contribution in [0.1, 0.15) is 64.5 Å². The largest absolute Gasteiger partial charge is 0.393 e. The molecule has 0 aliphatic heterocycles. The number of hydrogen-bond donors (Lipinski definition) is 1. The molecule has 2 rings (SSSR count). The van der Waals surface area contributed by atoms with Crippen LogP contribution in [0, 0.1) is 5.41 Å². The molecule has 1 fully saturated rings. The fourth-order valence-electron chi connectivity index (χ4n) is 3.05. The minimum atomic E-state index is -0.130. The van der Waals surface area contributed by atoms with E-state index in [1.165, 1.54) is 11.1 Å². The van der Waals surface area contributed by atoms with Crippen molar-refractivity contribution in [3.05, 3.63) is 35.4 Å². The summed E-state index contributed by atoms with van der Waals surface area (Å²) in [6, 6.07) is 9.00. The molecule has 0 aromatic heterocycles. The number of benzene rings is 1. The van der Waals surface area contributed by atoms with E-state index in [0.29, 0.717) is 5.92 Å². The van der Waals surface area contributed by atoms with Gasteiger partial charge in [-0.25, -0.2) is 0 Å². The minimum Gasteiger partial charge on any atom is -0.393 e. The van der Waals surface area contributed by atoms with Crippen LogP contribution >= 0.6 is 0 Å². The molecule has 3 atom stereocenters. The van der Waals surface area contributed by atoms with Crippen molar-refractivity contribution in [2.75, 3.05) is 0 Å². The van der Waals surface area contributed by atoms with Crippen molar-refractivity contribution in [2.45, 2.75) is 64.9 Å². The minimum absolute atomic E-state index is 0.0727. The highest BCUT2D eigenvalue weighted by atomic mass is 16.3. The third-order valence-electron chi connectivity index (χ3n) is 4.96. The van der Waals surface area contributed by atoms with Crippen LogP contribution in [0.2, 0.25) is 0 Å². The Kier molecular flexibility index (Phi) is 3.31. The standard InChI is InChI=1S/C17H26O/c1-6-17(5)14(11-15(17)18)12-7-9-13(10-8-12)16(2,3)4/h7-10,14-15,18H,6,11H2,1-5H3. The summed E-state index contributed by atoms with van der Waals surface area (Å²) in [4.78, 5) is 0. The third kappa shape index (κ3) is 2.09. The van der Waals surface area contributed by atoms with E-state index < -0.39 is 0 Å². The van der Waals surface area contributed by atoms with E-state index >= 15 is 0 Å². The van der Waals surface area contributed by atoms with Crippen molar-refractivity contribution in [2.24, 2.45) is 5.41 Å². The lowest BCUT2D eigenvalue weighted by atomic mass is 9.55. The lowest BCUT2D eigenvalue weighted by Gasteiger charge is -2.51. The number of hydrogen-bond acceptors (Lipinski definition) is 1. The predicted octanol–water partition coefficient (Wildman–Crippen LogP) is 4.25. The van der Waals surface area contributed by atoms with Crippen LogP contribution in [0.5, 0.6) is 0 Å². The van der Waals surface area contributed by atoms with E-state index in [1.807, 2.05) is 0 Å². The Balaban J connectivity index is 2.22. The maximum atomic E-state index is 9.98. The molecular formula is C17H26O. The van der Waals surface area contributed by atoms with Gasteiger partial charge < -0.3 is 5.11 Å². The molecule has 0 radical (unpaired) electrons. The average molecular weight is 246 g/mol. The molecule has 1 aromatic carbocycles. The molecule has 0 amide bonds. The summed E-state index contributed by atoms with van der Waals surface area (Å²) in [6.45, 7) is 11.1. The second kappa shape index (κ2) is 4.38. The van der Waals surface area contributed by atoms with Crippen LogP contribution in [-0.2, 0) is 5.41 Å². The molecule has 1 aliphatic rings. The van der Waals surface area contributed by atoms with Crippen molar-refractivity contribution in [1.29, 1.82) is 0 Å². The molecule has 0 bridgehead atoms. The summed E-state index contributed by atoms with van der Waals surface area (Å²) < 4.78 is 0. The van der Waals surface area contributed by atoms with Gasteiger partial charge in [-0.1, -0.05) is 58.9 Å². The first-order valence-corrected chi connectivity index (χ1v) is 7.07. The first-order chi connectivity index (χ1) is 8.29. The van der Waals surface area contributed by atoms with E-state index in [0.717, 1.165) is 12.8 Å². The van der Waals surface area contributed by atoms with Crippen molar-refractivity contribution in [3.8, 4) is 0 Å². The molecule has 0 saturated heterocycles. The highest BCUT2D eigenvalue weighted by Crippen LogP contribution is 2.54. The van der Waals surface area contributed by atoms with E-state index in [-0.39, 0.29) is 16.9 Å². The van der Waals surface area contributed by atoms with Gasteiger partial charge in [0.15, 0.2) is 0 Å². The van der Waals surface area contributed by atoms with Crippen LogP contribution in [0.25, 0.3) is 0 Å². The molecule has 0 heterocycles. The summed E-state index contributed by atoms with van der Waals surface area (Å²) in [5.74, 6) is 0.520.